The second kappa shape index (κ2) is 7.03. The van der Waals surface area contributed by atoms with Gasteiger partial charge in [-0.25, -0.2) is 14.4 Å². The minimum Gasteiger partial charge on any atom is -0.337 e. The number of H-pyrrole nitrogens is 1. The molecule has 0 atom stereocenters. The highest BCUT2D eigenvalue weighted by Crippen LogP contribution is 2.35. The van der Waals surface area contributed by atoms with Crippen LogP contribution in [0.3, 0.4) is 0 Å². The maximum absolute atomic E-state index is 14.5. The molecule has 0 saturated heterocycles. The Labute approximate surface area is 169 Å². The monoisotopic (exact) mass is 402 g/mol. The second-order valence-corrected chi connectivity index (χ2v) is 6.70. The van der Waals surface area contributed by atoms with Crippen molar-refractivity contribution in [3.05, 3.63) is 78.4 Å². The van der Waals surface area contributed by atoms with Crippen molar-refractivity contribution in [3.8, 4) is 33.8 Å². The summed E-state index contributed by atoms with van der Waals surface area (Å²) >= 11 is 6.25. The van der Waals surface area contributed by atoms with Crippen LogP contribution in [-0.2, 0) is 0 Å². The quantitative estimate of drug-likeness (QED) is 0.462. The first-order valence-electron chi connectivity index (χ1n) is 8.71. The fourth-order valence-electron chi connectivity index (χ4n) is 3.16. The predicted octanol–water partition coefficient (Wildman–Crippen LogP) is 4.94. The zero-order chi connectivity index (χ0) is 19.8. The molecule has 5 heterocycles. The summed E-state index contributed by atoms with van der Waals surface area (Å²) in [6.07, 6.45) is 9.28. The van der Waals surface area contributed by atoms with Gasteiger partial charge in [-0.3, -0.25) is 15.0 Å². The number of nitrogens with one attached hydrogen (secondary N) is 1. The molecule has 0 aliphatic carbocycles. The number of imidazole rings is 1. The molecule has 29 heavy (non-hydrogen) atoms. The molecule has 8 heteroatoms. The Kier molecular flexibility index (Phi) is 4.22. The third kappa shape index (κ3) is 3.11. The van der Waals surface area contributed by atoms with Crippen LogP contribution in [0, 0.1) is 5.82 Å². The van der Waals surface area contributed by atoms with Crippen molar-refractivity contribution >= 4 is 22.8 Å². The van der Waals surface area contributed by atoms with Crippen molar-refractivity contribution in [1.82, 2.24) is 29.9 Å². The molecule has 0 spiro atoms. The molecule has 0 saturated carbocycles. The van der Waals surface area contributed by atoms with Crippen molar-refractivity contribution in [1.29, 1.82) is 0 Å². The van der Waals surface area contributed by atoms with Gasteiger partial charge < -0.3 is 4.98 Å². The smallest absolute Gasteiger partial charge is 0.178 e. The summed E-state index contributed by atoms with van der Waals surface area (Å²) in [7, 11) is 0. The van der Waals surface area contributed by atoms with E-state index in [0.717, 1.165) is 5.56 Å². The number of aromatic nitrogens is 6. The van der Waals surface area contributed by atoms with Gasteiger partial charge in [-0.2, -0.15) is 0 Å². The minimum atomic E-state index is -0.435. The normalized spacial score (nSPS) is 11.1. The number of hydrogen-bond donors (Lipinski definition) is 1. The lowest BCUT2D eigenvalue weighted by molar-refractivity contribution is 0.625. The van der Waals surface area contributed by atoms with E-state index in [1.807, 2.05) is 12.1 Å². The predicted molar refractivity (Wildman–Crippen MR) is 109 cm³/mol. The number of hydrogen-bond acceptors (Lipinski definition) is 5. The summed E-state index contributed by atoms with van der Waals surface area (Å²) in [4.78, 5) is 24.5. The first kappa shape index (κ1) is 17.4. The van der Waals surface area contributed by atoms with Crippen molar-refractivity contribution < 1.29 is 4.39 Å². The van der Waals surface area contributed by atoms with Gasteiger partial charge in [0.1, 0.15) is 11.6 Å². The standard InChI is InChI=1S/C21H12ClFN6/c22-16-10-25-7-4-14(16)20-27-18-8-15(13-3-6-26-11-17(13)23)19(28-21(18)29-20)12-2-1-5-24-9-12/h1-11H,(H,27,28,29). The number of pyridine rings is 4. The Morgan fingerprint density at radius 2 is 1.62 bits per heavy atom. The first-order valence-corrected chi connectivity index (χ1v) is 9.09. The van der Waals surface area contributed by atoms with E-state index in [1.54, 1.807) is 49.2 Å². The lowest BCUT2D eigenvalue weighted by Gasteiger charge is -2.09. The Balaban J connectivity index is 1.78. The Bertz CT molecular complexity index is 1340. The molecule has 1 N–H and O–H groups in total. The number of halogens is 2. The van der Waals surface area contributed by atoms with Crippen LogP contribution in [-0.4, -0.2) is 29.9 Å². The van der Waals surface area contributed by atoms with E-state index in [9.17, 15) is 4.39 Å². The third-order valence-corrected chi connectivity index (χ3v) is 4.80. The van der Waals surface area contributed by atoms with Gasteiger partial charge in [0.05, 0.1) is 22.4 Å². The maximum Gasteiger partial charge on any atom is 0.178 e. The highest BCUT2D eigenvalue weighted by atomic mass is 35.5. The highest BCUT2D eigenvalue weighted by molar-refractivity contribution is 6.33. The molecular weight excluding hydrogens is 391 g/mol. The molecule has 5 rings (SSSR count). The zero-order valence-corrected chi connectivity index (χ0v) is 15.6. The van der Waals surface area contributed by atoms with Crippen LogP contribution in [0.5, 0.6) is 0 Å². The summed E-state index contributed by atoms with van der Waals surface area (Å²) in [5, 5.41) is 0.472. The number of nitrogens with zero attached hydrogens (tertiary/aromatic N) is 5. The summed E-state index contributed by atoms with van der Waals surface area (Å²) < 4.78 is 14.5. The molecule has 0 fully saturated rings. The van der Waals surface area contributed by atoms with Gasteiger partial charge >= 0.3 is 0 Å². The zero-order valence-electron chi connectivity index (χ0n) is 14.8. The van der Waals surface area contributed by atoms with Crippen LogP contribution in [0.2, 0.25) is 5.02 Å². The fourth-order valence-corrected chi connectivity index (χ4v) is 3.37. The molecule has 0 unspecified atom stereocenters. The Hall–Kier alpha value is -3.71. The summed E-state index contributed by atoms with van der Waals surface area (Å²) in [6, 6.07) is 8.90. The average Bonchev–Trinajstić information content (AvgIpc) is 3.17. The van der Waals surface area contributed by atoms with Gasteiger partial charge in [0.25, 0.3) is 0 Å². The van der Waals surface area contributed by atoms with E-state index in [2.05, 4.69) is 24.9 Å². The van der Waals surface area contributed by atoms with Crippen LogP contribution in [0.1, 0.15) is 0 Å². The first-order chi connectivity index (χ1) is 14.2. The van der Waals surface area contributed by atoms with Crippen LogP contribution in [0.25, 0.3) is 44.9 Å². The van der Waals surface area contributed by atoms with E-state index < -0.39 is 5.82 Å². The van der Waals surface area contributed by atoms with Crippen LogP contribution >= 0.6 is 11.6 Å². The Morgan fingerprint density at radius 1 is 0.828 bits per heavy atom. The molecular formula is C21H12ClFN6. The maximum atomic E-state index is 14.5. The SMILES string of the molecule is Fc1cnccc1-c1cc2[nH]c(-c3ccncc3Cl)nc2nc1-c1cccnc1. The third-order valence-electron chi connectivity index (χ3n) is 4.50. The molecule has 6 nitrogen and oxygen atoms in total. The van der Waals surface area contributed by atoms with Gasteiger partial charge in [-0.15, -0.1) is 0 Å². The van der Waals surface area contributed by atoms with Crippen molar-refractivity contribution in [2.24, 2.45) is 0 Å². The molecule has 0 amide bonds. The molecule has 5 aromatic heterocycles. The largest absolute Gasteiger partial charge is 0.337 e. The van der Waals surface area contributed by atoms with Crippen molar-refractivity contribution in [2.75, 3.05) is 0 Å². The molecule has 0 aromatic carbocycles. The van der Waals surface area contributed by atoms with Gasteiger partial charge in [-0.1, -0.05) is 11.6 Å². The lowest BCUT2D eigenvalue weighted by Crippen LogP contribution is -1.94. The van der Waals surface area contributed by atoms with E-state index >= 15 is 0 Å². The molecule has 0 radical (unpaired) electrons. The summed E-state index contributed by atoms with van der Waals surface area (Å²) in [5.41, 5.74) is 4.20. The van der Waals surface area contributed by atoms with Crippen LogP contribution in [0.15, 0.2) is 67.5 Å². The fraction of sp³-hybridized carbons (Fsp3) is 0. The Morgan fingerprint density at radius 3 is 2.38 bits per heavy atom. The number of rotatable bonds is 3. The van der Waals surface area contributed by atoms with Crippen molar-refractivity contribution in [3.63, 3.8) is 0 Å². The highest BCUT2D eigenvalue weighted by Gasteiger charge is 2.17. The summed E-state index contributed by atoms with van der Waals surface area (Å²) in [5.74, 6) is 0.125. The van der Waals surface area contributed by atoms with Gasteiger partial charge in [0.2, 0.25) is 0 Å². The topological polar surface area (TPSA) is 80.2 Å². The molecule has 0 aliphatic heterocycles. The lowest BCUT2D eigenvalue weighted by atomic mass is 10.0. The van der Waals surface area contributed by atoms with E-state index in [1.165, 1.54) is 6.20 Å². The number of aromatic amines is 1. The average molecular weight is 403 g/mol. The van der Waals surface area contributed by atoms with E-state index in [-0.39, 0.29) is 0 Å². The second-order valence-electron chi connectivity index (χ2n) is 6.29. The minimum absolute atomic E-state index is 0.395. The van der Waals surface area contributed by atoms with Crippen LogP contribution < -0.4 is 0 Å². The van der Waals surface area contributed by atoms with Crippen molar-refractivity contribution in [2.45, 2.75) is 0 Å². The van der Waals surface area contributed by atoms with Crippen LogP contribution in [0.4, 0.5) is 4.39 Å². The molecule has 140 valence electrons. The molecule has 0 bridgehead atoms. The number of fused-ring (bicyclic) bond motifs is 1. The van der Waals surface area contributed by atoms with Gasteiger partial charge in [0.15, 0.2) is 5.65 Å². The van der Waals surface area contributed by atoms with E-state index in [4.69, 9.17) is 16.6 Å². The van der Waals surface area contributed by atoms with Gasteiger partial charge in [0, 0.05) is 53.2 Å². The molecule has 5 aromatic rings. The summed E-state index contributed by atoms with van der Waals surface area (Å²) in [6.45, 7) is 0. The van der Waals surface area contributed by atoms with Gasteiger partial charge in [-0.05, 0) is 30.3 Å². The van der Waals surface area contributed by atoms with E-state index in [0.29, 0.717) is 44.4 Å². The molecule has 0 aliphatic rings.